The predicted molar refractivity (Wildman–Crippen MR) is 97.5 cm³/mol. The number of hydrogen-bond donors (Lipinski definition) is 2. The Balaban J connectivity index is 2.29. The number of thiol groups is 1. The highest BCUT2D eigenvalue weighted by molar-refractivity contribution is 7.72. The molecule has 1 N–H and O–H groups in total. The Bertz CT molecular complexity index is 1090. The largest absolute Gasteiger partial charge is 0.493 e. The SMILES string of the molecule is CCCc1nc(C)c2c(=O)[nH]c(-c3cc([SH](=O)=O)ccc3OCC)nn12. The average molecular weight is 376 g/mol. The van der Waals surface area contributed by atoms with Crippen LogP contribution in [0.3, 0.4) is 0 Å². The molecule has 138 valence electrons. The van der Waals surface area contributed by atoms with Gasteiger partial charge < -0.3 is 9.72 Å². The molecule has 0 amide bonds. The van der Waals surface area contributed by atoms with Gasteiger partial charge in [-0.3, -0.25) is 4.79 Å². The summed E-state index contributed by atoms with van der Waals surface area (Å²) >= 11 is 0. The van der Waals surface area contributed by atoms with E-state index in [1.54, 1.807) is 13.0 Å². The quantitative estimate of drug-likeness (QED) is 0.635. The zero-order chi connectivity index (χ0) is 18.8. The van der Waals surface area contributed by atoms with Crippen LogP contribution >= 0.6 is 0 Å². The maximum Gasteiger partial charge on any atom is 0.277 e. The minimum Gasteiger partial charge on any atom is -0.493 e. The molecule has 26 heavy (non-hydrogen) atoms. The molecule has 2 heterocycles. The van der Waals surface area contributed by atoms with Crippen molar-refractivity contribution < 1.29 is 13.2 Å². The highest BCUT2D eigenvalue weighted by Crippen LogP contribution is 2.29. The van der Waals surface area contributed by atoms with Gasteiger partial charge in [0.15, 0.2) is 22.0 Å². The third-order valence-electron chi connectivity index (χ3n) is 3.95. The summed E-state index contributed by atoms with van der Waals surface area (Å²) in [6.07, 6.45) is 1.54. The molecule has 2 aromatic heterocycles. The van der Waals surface area contributed by atoms with E-state index >= 15 is 0 Å². The van der Waals surface area contributed by atoms with Crippen LogP contribution in [-0.2, 0) is 17.1 Å². The van der Waals surface area contributed by atoms with Crippen LogP contribution in [0.25, 0.3) is 16.9 Å². The molecule has 0 aliphatic rings. The van der Waals surface area contributed by atoms with Crippen LogP contribution in [0.2, 0.25) is 0 Å². The van der Waals surface area contributed by atoms with E-state index < -0.39 is 10.7 Å². The molecule has 0 unspecified atom stereocenters. The van der Waals surface area contributed by atoms with Gasteiger partial charge in [-0.15, -0.1) is 5.10 Å². The topological polar surface area (TPSA) is 106 Å². The summed E-state index contributed by atoms with van der Waals surface area (Å²) in [5.74, 6) is 1.38. The monoisotopic (exact) mass is 376 g/mol. The smallest absolute Gasteiger partial charge is 0.277 e. The molecule has 0 saturated carbocycles. The van der Waals surface area contributed by atoms with E-state index in [1.165, 1.54) is 16.6 Å². The van der Waals surface area contributed by atoms with Crippen LogP contribution in [0.4, 0.5) is 0 Å². The third kappa shape index (κ3) is 3.22. The van der Waals surface area contributed by atoms with Gasteiger partial charge in [0.1, 0.15) is 11.6 Å². The second kappa shape index (κ2) is 7.28. The number of fused-ring (bicyclic) bond motifs is 1. The van der Waals surface area contributed by atoms with E-state index in [4.69, 9.17) is 4.74 Å². The first-order valence-corrected chi connectivity index (χ1v) is 9.54. The first-order chi connectivity index (χ1) is 12.5. The first-order valence-electron chi connectivity index (χ1n) is 8.36. The van der Waals surface area contributed by atoms with Gasteiger partial charge in [0.25, 0.3) is 5.56 Å². The minimum atomic E-state index is -2.77. The van der Waals surface area contributed by atoms with Crippen LogP contribution in [0.15, 0.2) is 27.9 Å². The molecule has 3 aromatic rings. The number of aryl methyl sites for hydroxylation is 2. The Morgan fingerprint density at radius 3 is 2.69 bits per heavy atom. The van der Waals surface area contributed by atoms with Crippen molar-refractivity contribution >= 4 is 16.2 Å². The number of imidazole rings is 1. The molecule has 0 bridgehead atoms. The Kier molecular flexibility index (Phi) is 5.08. The molecule has 9 heteroatoms. The number of hydrogen-bond acceptors (Lipinski definition) is 6. The first kappa shape index (κ1) is 18.1. The second-order valence-corrected chi connectivity index (χ2v) is 6.83. The van der Waals surface area contributed by atoms with Crippen LogP contribution in [0, 0.1) is 6.92 Å². The van der Waals surface area contributed by atoms with Crippen molar-refractivity contribution in [1.29, 1.82) is 0 Å². The van der Waals surface area contributed by atoms with Crippen molar-refractivity contribution in [2.75, 3.05) is 6.61 Å². The summed E-state index contributed by atoms with van der Waals surface area (Å²) in [4.78, 5) is 19.9. The number of nitrogens with one attached hydrogen (secondary N) is 1. The second-order valence-electron chi connectivity index (χ2n) is 5.80. The summed E-state index contributed by atoms with van der Waals surface area (Å²) in [6.45, 7) is 6.00. The van der Waals surface area contributed by atoms with Crippen LogP contribution in [0.5, 0.6) is 5.75 Å². The lowest BCUT2D eigenvalue weighted by atomic mass is 10.2. The van der Waals surface area contributed by atoms with Crippen molar-refractivity contribution in [3.63, 3.8) is 0 Å². The number of nitrogens with zero attached hydrogens (tertiary/aromatic N) is 3. The number of rotatable bonds is 6. The summed E-state index contributed by atoms with van der Waals surface area (Å²) in [5, 5.41) is 4.51. The number of aromatic amines is 1. The lowest BCUT2D eigenvalue weighted by Gasteiger charge is -2.10. The lowest BCUT2D eigenvalue weighted by molar-refractivity contribution is 0.341. The molecule has 0 radical (unpaired) electrons. The van der Waals surface area contributed by atoms with E-state index in [0.717, 1.165) is 6.42 Å². The van der Waals surface area contributed by atoms with E-state index in [1.807, 2.05) is 13.8 Å². The highest BCUT2D eigenvalue weighted by Gasteiger charge is 2.17. The number of benzene rings is 1. The fraction of sp³-hybridized carbons (Fsp3) is 0.353. The van der Waals surface area contributed by atoms with Crippen LogP contribution in [-0.4, -0.2) is 34.6 Å². The van der Waals surface area contributed by atoms with Crippen molar-refractivity contribution in [2.45, 2.75) is 38.5 Å². The summed E-state index contributed by atoms with van der Waals surface area (Å²) < 4.78 is 29.8. The van der Waals surface area contributed by atoms with Crippen LogP contribution in [0.1, 0.15) is 31.8 Å². The molecule has 0 fully saturated rings. The molecular formula is C17H20N4O4S. The molecular weight excluding hydrogens is 356 g/mol. The molecule has 0 spiro atoms. The molecule has 8 nitrogen and oxygen atoms in total. The van der Waals surface area contributed by atoms with Gasteiger partial charge in [0.05, 0.1) is 22.8 Å². The summed E-state index contributed by atoms with van der Waals surface area (Å²) in [7, 11) is -2.77. The van der Waals surface area contributed by atoms with Gasteiger partial charge in [0.2, 0.25) is 0 Å². The van der Waals surface area contributed by atoms with E-state index in [2.05, 4.69) is 15.1 Å². The Morgan fingerprint density at radius 1 is 1.27 bits per heavy atom. The predicted octanol–water partition coefficient (Wildman–Crippen LogP) is 1.71. The zero-order valence-corrected chi connectivity index (χ0v) is 15.7. The maximum atomic E-state index is 12.6. The van der Waals surface area contributed by atoms with Crippen molar-refractivity contribution in [3.8, 4) is 17.1 Å². The molecule has 1 aromatic carbocycles. The minimum absolute atomic E-state index is 0.122. The van der Waals surface area contributed by atoms with Gasteiger partial charge in [-0.2, -0.15) is 0 Å². The van der Waals surface area contributed by atoms with Gasteiger partial charge in [0, 0.05) is 6.42 Å². The van der Waals surface area contributed by atoms with Crippen LogP contribution < -0.4 is 10.3 Å². The molecule has 3 rings (SSSR count). The lowest BCUT2D eigenvalue weighted by Crippen LogP contribution is -2.16. The number of H-pyrrole nitrogens is 1. The fourth-order valence-electron chi connectivity index (χ4n) is 2.84. The maximum absolute atomic E-state index is 12.6. The van der Waals surface area contributed by atoms with Crippen molar-refractivity contribution in [2.24, 2.45) is 0 Å². The van der Waals surface area contributed by atoms with Gasteiger partial charge in [-0.05, 0) is 38.5 Å². The van der Waals surface area contributed by atoms with Gasteiger partial charge >= 0.3 is 0 Å². The summed E-state index contributed by atoms with van der Waals surface area (Å²) in [6, 6.07) is 4.47. The highest BCUT2D eigenvalue weighted by atomic mass is 32.2. The molecule has 0 aliphatic carbocycles. The van der Waals surface area contributed by atoms with Crippen molar-refractivity contribution in [3.05, 3.63) is 40.1 Å². The third-order valence-corrected chi connectivity index (χ3v) is 4.65. The average Bonchev–Trinajstić information content (AvgIpc) is 2.92. The fourth-order valence-corrected chi connectivity index (χ4v) is 3.27. The number of aromatic nitrogens is 4. The Labute approximate surface area is 151 Å². The molecule has 0 saturated heterocycles. The Morgan fingerprint density at radius 2 is 2.04 bits per heavy atom. The van der Waals surface area contributed by atoms with Crippen molar-refractivity contribution in [1.82, 2.24) is 19.6 Å². The summed E-state index contributed by atoms with van der Waals surface area (Å²) in [5.41, 5.74) is 1.08. The number of ether oxygens (including phenoxy) is 1. The molecule has 0 atom stereocenters. The zero-order valence-electron chi connectivity index (χ0n) is 14.8. The molecule has 0 aliphatic heterocycles. The van der Waals surface area contributed by atoms with E-state index in [0.29, 0.717) is 41.4 Å². The van der Waals surface area contributed by atoms with E-state index in [-0.39, 0.29) is 16.3 Å². The Hall–Kier alpha value is -2.68. The standard InChI is InChI=1S/C17H20N4O4S/c1-4-6-14-18-10(3)15-17(22)19-16(20-21(14)15)12-9-11(26(23)24)7-8-13(12)25-5-2/h7-9,26H,4-6H2,1-3H3,(H,19,20,22). The van der Waals surface area contributed by atoms with Gasteiger partial charge in [-0.25, -0.2) is 17.9 Å². The normalized spacial score (nSPS) is 11.4. The van der Waals surface area contributed by atoms with E-state index in [9.17, 15) is 13.2 Å². The van der Waals surface area contributed by atoms with Gasteiger partial charge in [-0.1, -0.05) is 6.92 Å².